The van der Waals surface area contributed by atoms with Crippen LogP contribution in [0.25, 0.3) is 6.08 Å². The highest BCUT2D eigenvalue weighted by molar-refractivity contribution is 6.05. The molecule has 4 atom stereocenters. The van der Waals surface area contributed by atoms with Crippen molar-refractivity contribution in [2.45, 2.75) is 84.3 Å². The first-order chi connectivity index (χ1) is 18.2. The number of carbonyl (C=O) groups excluding carboxylic acids is 2. The van der Waals surface area contributed by atoms with Gasteiger partial charge in [-0.2, -0.15) is 0 Å². The fraction of sp³-hybridized carbons (Fsp3) is 0.621. The van der Waals surface area contributed by atoms with Gasteiger partial charge < -0.3 is 24.8 Å². The Bertz CT molecular complexity index is 1050. The van der Waals surface area contributed by atoms with E-state index in [1.165, 1.54) is 4.90 Å². The average molecular weight is 532 g/mol. The van der Waals surface area contributed by atoms with Gasteiger partial charge in [-0.25, -0.2) is 0 Å². The fourth-order valence-corrected chi connectivity index (χ4v) is 5.90. The highest BCUT2D eigenvalue weighted by Crippen LogP contribution is 2.47. The summed E-state index contributed by atoms with van der Waals surface area (Å²) in [6.45, 7) is 3.71. The molecule has 0 spiro atoms. The first kappa shape index (κ1) is 29.8. The van der Waals surface area contributed by atoms with E-state index in [-0.39, 0.29) is 38.0 Å². The number of hydrogen-bond acceptors (Lipinski definition) is 7. The van der Waals surface area contributed by atoms with Crippen LogP contribution in [-0.4, -0.2) is 62.4 Å². The molecule has 210 valence electrons. The summed E-state index contributed by atoms with van der Waals surface area (Å²) in [5, 5.41) is 39.7. The summed E-state index contributed by atoms with van der Waals surface area (Å²) >= 11 is 0. The summed E-state index contributed by atoms with van der Waals surface area (Å²) < 4.78 is 5.51. The number of carboxylic acid groups (broad SMARTS) is 1. The van der Waals surface area contributed by atoms with Crippen LogP contribution in [-0.2, 0) is 21.0 Å². The summed E-state index contributed by atoms with van der Waals surface area (Å²) in [6.07, 6.45) is 5.61. The van der Waals surface area contributed by atoms with E-state index in [2.05, 4.69) is 0 Å². The normalized spacial score (nSPS) is 22.8. The van der Waals surface area contributed by atoms with Crippen LogP contribution in [0.5, 0.6) is 0 Å². The highest BCUT2D eigenvalue weighted by atomic mass is 16.4. The second kappa shape index (κ2) is 13.9. The molecule has 0 bridgehead atoms. The van der Waals surface area contributed by atoms with E-state index in [9.17, 15) is 29.7 Å². The molecule has 1 saturated heterocycles. The maximum Gasteiger partial charge on any atom is 0.303 e. The molecule has 0 unspecified atom stereocenters. The zero-order chi connectivity index (χ0) is 27.8. The number of rotatable bonds is 15. The predicted octanol–water partition coefficient (Wildman–Crippen LogP) is 3.67. The lowest BCUT2D eigenvalue weighted by atomic mass is 9.67. The lowest BCUT2D eigenvalue weighted by Crippen LogP contribution is -2.39. The van der Waals surface area contributed by atoms with Crippen LogP contribution >= 0.6 is 0 Å². The van der Waals surface area contributed by atoms with Crippen molar-refractivity contribution in [3.8, 4) is 0 Å². The number of aliphatic hydroxyl groups is 3. The quantitative estimate of drug-likeness (QED) is 0.152. The molecule has 1 aliphatic heterocycles. The Morgan fingerprint density at radius 1 is 1.16 bits per heavy atom. The number of likely N-dealkylation sites (tertiary alicyclic amines) is 1. The number of furan rings is 1. The number of allylic oxidation sites excluding steroid dienone is 2. The first-order valence-corrected chi connectivity index (χ1v) is 13.7. The number of fused-ring (bicyclic) bond motifs is 1. The Kier molecular flexibility index (Phi) is 10.9. The lowest BCUT2D eigenvalue weighted by molar-refractivity contribution is -0.141. The Balaban J connectivity index is 1.72. The molecule has 1 aromatic rings. The van der Waals surface area contributed by atoms with Crippen LogP contribution in [0.2, 0.25) is 0 Å². The van der Waals surface area contributed by atoms with Crippen molar-refractivity contribution < 1.29 is 39.2 Å². The molecule has 3 rings (SSSR count). The molecular formula is C29H41NO8. The molecule has 0 aromatic carbocycles. The van der Waals surface area contributed by atoms with E-state index in [1.807, 2.05) is 19.9 Å². The van der Waals surface area contributed by atoms with Gasteiger partial charge in [0.15, 0.2) is 0 Å². The van der Waals surface area contributed by atoms with Gasteiger partial charge in [0.2, 0.25) is 11.8 Å². The van der Waals surface area contributed by atoms with Gasteiger partial charge in [-0.3, -0.25) is 19.3 Å². The van der Waals surface area contributed by atoms with Crippen molar-refractivity contribution in [2.24, 2.45) is 17.8 Å². The van der Waals surface area contributed by atoms with Crippen molar-refractivity contribution in [3.05, 3.63) is 40.4 Å². The van der Waals surface area contributed by atoms with Gasteiger partial charge in [0.1, 0.15) is 18.1 Å². The molecule has 2 heterocycles. The van der Waals surface area contributed by atoms with Crippen LogP contribution in [0.1, 0.15) is 83.2 Å². The molecule has 9 heteroatoms. The zero-order valence-corrected chi connectivity index (χ0v) is 22.4. The maximum absolute atomic E-state index is 13.4. The molecule has 4 N–H and O–H groups in total. The Morgan fingerprint density at radius 3 is 2.55 bits per heavy atom. The summed E-state index contributed by atoms with van der Waals surface area (Å²) in [4.78, 5) is 38.6. The predicted molar refractivity (Wildman–Crippen MR) is 140 cm³/mol. The number of aliphatic hydroxyl groups excluding tert-OH is 3. The van der Waals surface area contributed by atoms with E-state index in [0.717, 1.165) is 17.6 Å². The van der Waals surface area contributed by atoms with Gasteiger partial charge in [0.05, 0.1) is 24.5 Å². The van der Waals surface area contributed by atoms with Gasteiger partial charge in [-0.15, -0.1) is 0 Å². The monoisotopic (exact) mass is 531 g/mol. The number of unbranched alkanes of at least 4 members (excludes halogenated alkanes) is 2. The topological polar surface area (TPSA) is 149 Å². The molecule has 2 amide bonds. The van der Waals surface area contributed by atoms with E-state index < -0.39 is 29.8 Å². The Hall–Kier alpha value is -2.75. The van der Waals surface area contributed by atoms with Crippen molar-refractivity contribution in [1.29, 1.82) is 0 Å². The summed E-state index contributed by atoms with van der Waals surface area (Å²) in [5.74, 6) is -2.11. The Labute approximate surface area is 223 Å². The molecule has 38 heavy (non-hydrogen) atoms. The molecule has 1 aromatic heterocycles. The SMILES string of the molecule is CCCC1=C([C@H](O)CC/C(C)=C/c2ccc(CO)o2)[C@H](CO)[C@@H]2C(=O)N(CCCCCC(=O)O)C(=O)[C@@H]2C1. The van der Waals surface area contributed by atoms with Gasteiger partial charge >= 0.3 is 5.97 Å². The third kappa shape index (κ3) is 7.01. The number of carboxylic acids is 1. The molecule has 0 saturated carbocycles. The van der Waals surface area contributed by atoms with E-state index in [0.29, 0.717) is 62.0 Å². The number of imide groups is 1. The summed E-state index contributed by atoms with van der Waals surface area (Å²) in [6, 6.07) is 3.48. The van der Waals surface area contributed by atoms with Crippen LogP contribution < -0.4 is 0 Å². The van der Waals surface area contributed by atoms with Gasteiger partial charge in [0, 0.05) is 18.9 Å². The lowest BCUT2D eigenvalue weighted by Gasteiger charge is -2.36. The standard InChI is InChI=1S/C29H41NO8/c1-3-7-19-15-22-27(29(37)30(28(22)36)13-6-4-5-8-25(34)35)23(17-32)26(19)24(33)12-9-18(2)14-20-10-11-21(16-31)38-20/h10-11,14,22-24,27,31-33H,3-9,12-13,15-17H2,1-2H3,(H,34,35)/b18-14+/t22-,23+,24-,27-/m1/s1. The van der Waals surface area contributed by atoms with Crippen LogP contribution in [0.4, 0.5) is 0 Å². The number of amides is 2. The molecular weight excluding hydrogens is 490 g/mol. The van der Waals surface area contributed by atoms with E-state index >= 15 is 0 Å². The van der Waals surface area contributed by atoms with Crippen molar-refractivity contribution in [1.82, 2.24) is 4.90 Å². The molecule has 0 radical (unpaired) electrons. The van der Waals surface area contributed by atoms with Gasteiger partial charge in [-0.05, 0) is 69.2 Å². The molecule has 1 fully saturated rings. The first-order valence-electron chi connectivity index (χ1n) is 13.7. The third-order valence-corrected chi connectivity index (χ3v) is 7.69. The maximum atomic E-state index is 13.4. The third-order valence-electron chi connectivity index (χ3n) is 7.69. The molecule has 2 aliphatic rings. The summed E-state index contributed by atoms with van der Waals surface area (Å²) in [5.41, 5.74) is 2.65. The van der Waals surface area contributed by atoms with Crippen molar-refractivity contribution >= 4 is 23.9 Å². The number of nitrogens with zero attached hydrogens (tertiary/aromatic N) is 1. The summed E-state index contributed by atoms with van der Waals surface area (Å²) in [7, 11) is 0. The number of carbonyl (C=O) groups is 3. The van der Waals surface area contributed by atoms with E-state index in [4.69, 9.17) is 9.52 Å². The highest BCUT2D eigenvalue weighted by Gasteiger charge is 2.54. The van der Waals surface area contributed by atoms with Gasteiger partial charge in [0.25, 0.3) is 0 Å². The van der Waals surface area contributed by atoms with E-state index in [1.54, 1.807) is 12.1 Å². The second-order valence-corrected chi connectivity index (χ2v) is 10.5. The van der Waals surface area contributed by atoms with Crippen molar-refractivity contribution in [3.63, 3.8) is 0 Å². The second-order valence-electron chi connectivity index (χ2n) is 10.5. The number of aliphatic carboxylic acids is 1. The fourth-order valence-electron chi connectivity index (χ4n) is 5.90. The van der Waals surface area contributed by atoms with Crippen LogP contribution in [0.15, 0.2) is 33.3 Å². The minimum Gasteiger partial charge on any atom is -0.481 e. The Morgan fingerprint density at radius 2 is 1.92 bits per heavy atom. The van der Waals surface area contributed by atoms with Gasteiger partial charge in [-0.1, -0.05) is 30.9 Å². The smallest absolute Gasteiger partial charge is 0.303 e. The molecule has 9 nitrogen and oxygen atoms in total. The molecule has 1 aliphatic carbocycles. The zero-order valence-electron chi connectivity index (χ0n) is 22.4. The minimum absolute atomic E-state index is 0.0607. The van der Waals surface area contributed by atoms with Crippen molar-refractivity contribution in [2.75, 3.05) is 13.2 Å². The largest absolute Gasteiger partial charge is 0.481 e. The minimum atomic E-state index is -0.863. The number of hydrogen-bond donors (Lipinski definition) is 4. The van der Waals surface area contributed by atoms with Crippen LogP contribution in [0, 0.1) is 17.8 Å². The van der Waals surface area contributed by atoms with Crippen LogP contribution in [0.3, 0.4) is 0 Å². The average Bonchev–Trinajstić information content (AvgIpc) is 3.43.